The predicted octanol–water partition coefficient (Wildman–Crippen LogP) is 12.3. The topological polar surface area (TPSA) is 114 Å². The van der Waals surface area contributed by atoms with Crippen LogP contribution >= 0.6 is 0 Å². The van der Waals surface area contributed by atoms with Crippen LogP contribution in [0, 0.1) is 63.9 Å². The molecule has 7 nitrogen and oxygen atoms in total. The fraction of sp³-hybridized carbons (Fsp3) is 0.608. The zero-order valence-corrected chi connectivity index (χ0v) is 37.0. The molecule has 60 heavy (non-hydrogen) atoms. The summed E-state index contributed by atoms with van der Waals surface area (Å²) in [6, 6.07) is 7.40. The molecule has 0 spiro atoms. The molecule has 0 radical (unpaired) electrons. The fourth-order valence-corrected chi connectivity index (χ4v) is 12.0. The smallest absolute Gasteiger partial charge is 0.338 e. The first kappa shape index (κ1) is 45.4. The van der Waals surface area contributed by atoms with Crippen molar-refractivity contribution in [3.8, 4) is 5.75 Å². The molecule has 0 heterocycles. The number of carbonyl (C=O) groups is 2. The van der Waals surface area contributed by atoms with Crippen LogP contribution in [0.3, 0.4) is 0 Å². The first-order valence-corrected chi connectivity index (χ1v) is 22.9. The van der Waals surface area contributed by atoms with E-state index < -0.39 is 23.6 Å². The number of esters is 2. The molecule has 9 unspecified atom stereocenters. The molecule has 0 aromatic heterocycles. The maximum atomic E-state index is 15.1. The van der Waals surface area contributed by atoms with Gasteiger partial charge in [0.1, 0.15) is 6.10 Å². The lowest BCUT2D eigenvalue weighted by atomic mass is 9.47. The first-order valence-electron chi connectivity index (χ1n) is 22.9. The number of nitrogen functional groups attached to an aromatic ring is 2. The molecule has 0 amide bonds. The van der Waals surface area contributed by atoms with E-state index in [1.54, 1.807) is 6.07 Å². The van der Waals surface area contributed by atoms with Gasteiger partial charge in [0.2, 0.25) is 5.82 Å². The lowest BCUT2D eigenvalue weighted by Crippen LogP contribution is -2.52. The van der Waals surface area contributed by atoms with E-state index in [0.29, 0.717) is 70.7 Å². The molecule has 3 saturated carbocycles. The van der Waals surface area contributed by atoms with Crippen LogP contribution < -0.4 is 16.2 Å². The van der Waals surface area contributed by atoms with Gasteiger partial charge in [-0.25, -0.2) is 14.0 Å². The zero-order valence-electron chi connectivity index (χ0n) is 37.0. The highest BCUT2D eigenvalue weighted by Crippen LogP contribution is 2.67. The molecule has 0 bridgehead atoms. The Morgan fingerprint density at radius 3 is 2.33 bits per heavy atom. The summed E-state index contributed by atoms with van der Waals surface area (Å²) in [7, 11) is 0. The van der Waals surface area contributed by atoms with Gasteiger partial charge in [0.05, 0.1) is 18.8 Å². The number of rotatable bonds is 17. The summed E-state index contributed by atoms with van der Waals surface area (Å²) in [5.74, 6) is 1.19. The van der Waals surface area contributed by atoms with Crippen LogP contribution in [0.15, 0.2) is 60.2 Å². The van der Waals surface area contributed by atoms with Gasteiger partial charge in [-0.1, -0.05) is 59.8 Å². The molecule has 9 atom stereocenters. The second-order valence-corrected chi connectivity index (χ2v) is 19.2. The van der Waals surface area contributed by atoms with Crippen LogP contribution in [0.2, 0.25) is 0 Å². The van der Waals surface area contributed by atoms with Gasteiger partial charge in [0.15, 0.2) is 11.6 Å². The summed E-state index contributed by atoms with van der Waals surface area (Å²) >= 11 is 0. The van der Waals surface area contributed by atoms with Gasteiger partial charge >= 0.3 is 11.9 Å². The Hall–Kier alpha value is -4.14. The molecule has 0 aliphatic heterocycles. The number of ether oxygens (including phenoxy) is 3. The lowest BCUT2D eigenvalue weighted by molar-refractivity contribution is -0.144. The van der Waals surface area contributed by atoms with E-state index in [0.717, 1.165) is 44.4 Å². The van der Waals surface area contributed by atoms with Gasteiger partial charge in [0, 0.05) is 23.0 Å². The van der Waals surface area contributed by atoms with Crippen molar-refractivity contribution in [2.45, 2.75) is 131 Å². The first-order chi connectivity index (χ1) is 28.7. The van der Waals surface area contributed by atoms with E-state index in [9.17, 15) is 9.59 Å². The minimum atomic E-state index is -1.09. The van der Waals surface area contributed by atoms with Gasteiger partial charge in [-0.2, -0.15) is 4.39 Å². The van der Waals surface area contributed by atoms with E-state index >= 15 is 8.78 Å². The number of benzene rings is 2. The van der Waals surface area contributed by atoms with E-state index in [4.69, 9.17) is 25.7 Å². The van der Waals surface area contributed by atoms with E-state index in [1.807, 2.05) is 0 Å². The molecule has 328 valence electrons. The summed E-state index contributed by atoms with van der Waals surface area (Å²) in [5, 5.41) is 0. The quantitative estimate of drug-likeness (QED) is 0.0536. The molecule has 4 aliphatic carbocycles. The Kier molecular flexibility index (Phi) is 14.9. The second-order valence-electron chi connectivity index (χ2n) is 19.2. The third kappa shape index (κ3) is 9.97. The molecule has 6 rings (SSSR count). The monoisotopic (exact) mass is 829 g/mol. The van der Waals surface area contributed by atoms with Crippen molar-refractivity contribution in [3.63, 3.8) is 0 Å². The molecule has 3 fully saturated rings. The van der Waals surface area contributed by atoms with Gasteiger partial charge in [0.25, 0.3) is 0 Å². The maximum Gasteiger partial charge on any atom is 0.338 e. The largest absolute Gasteiger partial charge is 0.490 e. The van der Waals surface area contributed by atoms with Crippen molar-refractivity contribution in [2.24, 2.45) is 52.3 Å². The minimum absolute atomic E-state index is 0.000457. The predicted molar refractivity (Wildman–Crippen MR) is 237 cm³/mol. The molecular formula is C51H70F2N2O5. The molecule has 9 heteroatoms. The van der Waals surface area contributed by atoms with Crippen molar-refractivity contribution < 1.29 is 32.6 Å². The van der Waals surface area contributed by atoms with Crippen LogP contribution in [0.5, 0.6) is 5.75 Å². The number of allylic oxidation sites excluding steroid dienone is 3. The third-order valence-electron chi connectivity index (χ3n) is 15.2. The van der Waals surface area contributed by atoms with E-state index in [-0.39, 0.29) is 36.0 Å². The van der Waals surface area contributed by atoms with Crippen LogP contribution in [0.25, 0.3) is 6.08 Å². The normalized spacial score (nSPS) is 28.5. The number of fused-ring (bicyclic) bond motifs is 5. The average molecular weight is 829 g/mol. The highest BCUT2D eigenvalue weighted by atomic mass is 19.2. The average Bonchev–Trinajstić information content (AvgIpc) is 3.57. The number of carbonyl (C=O) groups excluding carboxylic acids is 2. The van der Waals surface area contributed by atoms with Gasteiger partial charge < -0.3 is 25.7 Å². The maximum absolute atomic E-state index is 15.1. The summed E-state index contributed by atoms with van der Waals surface area (Å²) in [5.41, 5.74) is 14.2. The molecule has 2 aromatic rings. The number of hydrogen-bond donors (Lipinski definition) is 2. The van der Waals surface area contributed by atoms with Crippen LogP contribution in [-0.2, 0) is 14.3 Å². The van der Waals surface area contributed by atoms with E-state index in [1.165, 1.54) is 74.1 Å². The van der Waals surface area contributed by atoms with Crippen molar-refractivity contribution in [1.29, 1.82) is 0 Å². The van der Waals surface area contributed by atoms with Crippen LogP contribution in [0.1, 0.15) is 141 Å². The minimum Gasteiger partial charge on any atom is -0.490 e. The van der Waals surface area contributed by atoms with Gasteiger partial charge in [-0.3, -0.25) is 0 Å². The Morgan fingerprint density at radius 2 is 1.62 bits per heavy atom. The summed E-state index contributed by atoms with van der Waals surface area (Å²) in [4.78, 5) is 25.4. The number of hydrogen-bond acceptors (Lipinski definition) is 7. The van der Waals surface area contributed by atoms with Gasteiger partial charge in [-0.05, 0) is 178 Å². The third-order valence-corrected chi connectivity index (χ3v) is 15.2. The Morgan fingerprint density at radius 1 is 0.883 bits per heavy atom. The molecule has 4 aliphatic rings. The molecule has 0 saturated heterocycles. The zero-order chi connectivity index (χ0) is 43.2. The van der Waals surface area contributed by atoms with Crippen LogP contribution in [-0.4, -0.2) is 31.3 Å². The summed E-state index contributed by atoms with van der Waals surface area (Å²) in [6.45, 7) is 14.9. The summed E-state index contributed by atoms with van der Waals surface area (Å²) in [6.07, 6.45) is 22.7. The van der Waals surface area contributed by atoms with Crippen molar-refractivity contribution in [3.05, 3.63) is 83.0 Å². The Bertz CT molecular complexity index is 1900. The Labute approximate surface area is 357 Å². The lowest BCUT2D eigenvalue weighted by Gasteiger charge is -2.58. The summed E-state index contributed by atoms with van der Waals surface area (Å²) < 4.78 is 47.1. The van der Waals surface area contributed by atoms with Crippen molar-refractivity contribution in [2.75, 3.05) is 24.7 Å². The number of anilines is 2. The highest BCUT2D eigenvalue weighted by Gasteiger charge is 2.59. The van der Waals surface area contributed by atoms with Crippen LogP contribution in [0.4, 0.5) is 20.2 Å². The van der Waals surface area contributed by atoms with Crippen molar-refractivity contribution >= 4 is 29.4 Å². The number of unbranched alkanes of at least 4 members (excludes halogenated alkanes) is 3. The van der Waals surface area contributed by atoms with E-state index in [2.05, 4.69) is 59.8 Å². The fourth-order valence-electron chi connectivity index (χ4n) is 12.0. The molecular weight excluding hydrogens is 759 g/mol. The Balaban J connectivity index is 0.974. The number of nitrogens with two attached hydrogens (primary N) is 2. The van der Waals surface area contributed by atoms with Gasteiger partial charge in [-0.15, -0.1) is 0 Å². The highest BCUT2D eigenvalue weighted by molar-refractivity contribution is 5.91. The second kappa shape index (κ2) is 19.7. The standard InChI is InChI=1S/C51H70F2N2O5/c1-7-34(32(2)3)15-14-33(4)40-20-21-41-39-18-19-43-44(13-12-25-50(43,5)42(39)24-26-51(40,41)6)60-46(56)23-17-35-16-22-45(48(53)47(35)52)58-27-10-8-9-11-28-59-49(57)36-29-37(54)31-38(55)30-36/h14-17,19,22-23,29-34,39-42,44H,7-13,18,20-21,24-28,54-55H2,1-6H3. The molecule has 4 N–H and O–H groups in total. The SMILES string of the molecule is CCC(C=CC(C)C1CCC2C3CC=C4C(OC(=O)C=Cc5ccc(OCCCCCCOC(=O)c6cc(N)cc(N)c6)c(F)c5F)CCCC4(C)C3CCC12C)C(C)C. The number of halogens is 2. The van der Waals surface area contributed by atoms with Crippen molar-refractivity contribution in [1.82, 2.24) is 0 Å². The molecule has 2 aromatic carbocycles.